The summed E-state index contributed by atoms with van der Waals surface area (Å²) in [5.41, 5.74) is 10.8. The van der Waals surface area contributed by atoms with Gasteiger partial charge in [0, 0.05) is 6.42 Å². The van der Waals surface area contributed by atoms with E-state index in [9.17, 15) is 4.79 Å². The summed E-state index contributed by atoms with van der Waals surface area (Å²) in [6.45, 7) is 0. The first-order chi connectivity index (χ1) is 5.72. The summed E-state index contributed by atoms with van der Waals surface area (Å²) in [6, 6.07) is 0. The maximum Gasteiger partial charge on any atom is 0.305 e. The van der Waals surface area contributed by atoms with Gasteiger partial charge in [-0.25, -0.2) is 10.4 Å². The molecule has 1 aliphatic rings. The van der Waals surface area contributed by atoms with E-state index in [1.54, 1.807) is 0 Å². The molecule has 0 saturated heterocycles. The average molecular weight is 209 g/mol. The van der Waals surface area contributed by atoms with E-state index in [2.05, 4.69) is 20.6 Å². The Kier molecular flexibility index (Phi) is 5.17. The van der Waals surface area contributed by atoms with Gasteiger partial charge < -0.3 is 10.5 Å². The van der Waals surface area contributed by atoms with Gasteiger partial charge in [0.05, 0.1) is 7.11 Å². The topological polar surface area (TPSA) is 88.7 Å². The third-order valence-corrected chi connectivity index (χ3v) is 1.51. The number of ether oxygens (including phenoxy) is 1. The van der Waals surface area contributed by atoms with Crippen LogP contribution in [0.1, 0.15) is 12.8 Å². The van der Waals surface area contributed by atoms with Crippen LogP contribution in [0.3, 0.4) is 0 Å². The molecule has 0 saturated carbocycles. The Morgan fingerprint density at radius 2 is 2.46 bits per heavy atom. The fraction of sp³-hybridized carbons (Fsp3) is 0.667. The van der Waals surface area contributed by atoms with Gasteiger partial charge in [-0.2, -0.15) is 0 Å². The van der Waals surface area contributed by atoms with Gasteiger partial charge in [0.2, 0.25) is 5.96 Å². The molecule has 76 valence electrons. The van der Waals surface area contributed by atoms with Crippen LogP contribution in [0.2, 0.25) is 0 Å². The molecule has 13 heavy (non-hydrogen) atoms. The minimum absolute atomic E-state index is 0. The molecule has 0 radical (unpaired) electrons. The highest BCUT2D eigenvalue weighted by atomic mass is 35.5. The number of hydrogen-bond donors (Lipinski definition) is 3. The SMILES string of the molecule is COC(=O)CCC1N=C(N)NN1.Cl. The molecule has 1 rings (SSSR count). The number of methoxy groups -OCH3 is 1. The third kappa shape index (κ3) is 3.95. The number of nitrogens with zero attached hydrogens (tertiary/aromatic N) is 1. The van der Waals surface area contributed by atoms with Gasteiger partial charge in [-0.3, -0.25) is 10.2 Å². The van der Waals surface area contributed by atoms with E-state index in [4.69, 9.17) is 5.73 Å². The van der Waals surface area contributed by atoms with Crippen LogP contribution in [0.25, 0.3) is 0 Å². The predicted octanol–water partition coefficient (Wildman–Crippen LogP) is -0.890. The zero-order valence-electron chi connectivity index (χ0n) is 7.24. The highest BCUT2D eigenvalue weighted by Gasteiger charge is 2.14. The lowest BCUT2D eigenvalue weighted by molar-refractivity contribution is -0.140. The zero-order valence-corrected chi connectivity index (χ0v) is 8.06. The lowest BCUT2D eigenvalue weighted by Crippen LogP contribution is -2.38. The highest BCUT2D eigenvalue weighted by Crippen LogP contribution is 2.01. The fourth-order valence-corrected chi connectivity index (χ4v) is 0.883. The molecule has 0 spiro atoms. The van der Waals surface area contributed by atoms with Crippen molar-refractivity contribution in [2.75, 3.05) is 7.11 Å². The van der Waals surface area contributed by atoms with Crippen molar-refractivity contribution in [3.05, 3.63) is 0 Å². The van der Waals surface area contributed by atoms with E-state index >= 15 is 0 Å². The minimum atomic E-state index is -0.238. The number of rotatable bonds is 3. The first-order valence-electron chi connectivity index (χ1n) is 3.64. The second-order valence-electron chi connectivity index (χ2n) is 2.41. The maximum absolute atomic E-state index is 10.7. The van der Waals surface area contributed by atoms with Crippen LogP contribution < -0.4 is 16.6 Å². The van der Waals surface area contributed by atoms with Gasteiger partial charge in [-0.05, 0) is 6.42 Å². The summed E-state index contributed by atoms with van der Waals surface area (Å²) in [5.74, 6) is 0.113. The normalized spacial score (nSPS) is 19.8. The number of hydrazine groups is 1. The van der Waals surface area contributed by atoms with Crippen molar-refractivity contribution in [3.63, 3.8) is 0 Å². The summed E-state index contributed by atoms with van der Waals surface area (Å²) in [7, 11) is 1.36. The molecule has 0 aromatic heterocycles. The fourth-order valence-electron chi connectivity index (χ4n) is 0.883. The van der Waals surface area contributed by atoms with Gasteiger partial charge in [-0.1, -0.05) is 0 Å². The summed E-state index contributed by atoms with van der Waals surface area (Å²) in [6.07, 6.45) is 0.802. The van der Waals surface area contributed by atoms with Crippen molar-refractivity contribution >= 4 is 24.3 Å². The summed E-state index contributed by atoms with van der Waals surface area (Å²) >= 11 is 0. The number of halogens is 1. The molecule has 6 nitrogen and oxygen atoms in total. The van der Waals surface area contributed by atoms with Crippen LogP contribution in [-0.4, -0.2) is 25.2 Å². The monoisotopic (exact) mass is 208 g/mol. The lowest BCUT2D eigenvalue weighted by atomic mass is 10.3. The van der Waals surface area contributed by atoms with Gasteiger partial charge in [0.25, 0.3) is 0 Å². The number of hydrogen-bond acceptors (Lipinski definition) is 6. The van der Waals surface area contributed by atoms with Gasteiger partial charge >= 0.3 is 5.97 Å². The molecule has 1 unspecified atom stereocenters. The van der Waals surface area contributed by atoms with Crippen molar-refractivity contribution in [1.82, 2.24) is 10.9 Å². The molecule has 0 aromatic carbocycles. The minimum Gasteiger partial charge on any atom is -0.469 e. The van der Waals surface area contributed by atoms with Crippen LogP contribution in [0.5, 0.6) is 0 Å². The molecule has 1 aliphatic heterocycles. The molecule has 0 amide bonds. The van der Waals surface area contributed by atoms with E-state index < -0.39 is 0 Å². The molecule has 0 aliphatic carbocycles. The standard InChI is InChI=1S/C6H12N4O2.ClH/c1-12-5(11)3-2-4-8-6(7)10-9-4;/h4,9H,2-3H2,1H3,(H3,7,8,10);1H. The zero-order chi connectivity index (χ0) is 8.97. The van der Waals surface area contributed by atoms with E-state index in [1.807, 2.05) is 0 Å². The predicted molar refractivity (Wildman–Crippen MR) is 50.2 cm³/mol. The van der Waals surface area contributed by atoms with Gasteiger partial charge in [0.15, 0.2) is 0 Å². The lowest BCUT2D eigenvalue weighted by Gasteiger charge is -2.04. The Bertz CT molecular complexity index is 209. The van der Waals surface area contributed by atoms with E-state index in [0.29, 0.717) is 18.8 Å². The molecule has 4 N–H and O–H groups in total. The maximum atomic E-state index is 10.7. The molecular formula is C6H13ClN4O2. The van der Waals surface area contributed by atoms with E-state index in [-0.39, 0.29) is 24.5 Å². The molecule has 1 heterocycles. The summed E-state index contributed by atoms with van der Waals surface area (Å²) in [5, 5.41) is 0. The average Bonchev–Trinajstić information content (AvgIpc) is 2.47. The molecule has 0 fully saturated rings. The molecule has 0 bridgehead atoms. The number of esters is 1. The summed E-state index contributed by atoms with van der Waals surface area (Å²) in [4.78, 5) is 14.7. The number of guanidine groups is 1. The third-order valence-electron chi connectivity index (χ3n) is 1.51. The number of aliphatic imine (C=N–C) groups is 1. The highest BCUT2D eigenvalue weighted by molar-refractivity contribution is 5.85. The van der Waals surface area contributed by atoms with Crippen LogP contribution in [0.15, 0.2) is 4.99 Å². The van der Waals surface area contributed by atoms with Crippen LogP contribution >= 0.6 is 12.4 Å². The van der Waals surface area contributed by atoms with Gasteiger partial charge in [0.1, 0.15) is 6.17 Å². The first kappa shape index (κ1) is 12.0. The molecular weight excluding hydrogens is 196 g/mol. The molecule has 0 aromatic rings. The van der Waals surface area contributed by atoms with Crippen molar-refractivity contribution < 1.29 is 9.53 Å². The van der Waals surface area contributed by atoms with Crippen LogP contribution in [0, 0.1) is 0 Å². The first-order valence-corrected chi connectivity index (χ1v) is 3.64. The van der Waals surface area contributed by atoms with Crippen LogP contribution in [-0.2, 0) is 9.53 Å². The van der Waals surface area contributed by atoms with Crippen LogP contribution in [0.4, 0.5) is 0 Å². The Labute approximate surface area is 82.3 Å². The Morgan fingerprint density at radius 3 is 2.92 bits per heavy atom. The van der Waals surface area contributed by atoms with E-state index in [1.165, 1.54) is 7.11 Å². The second-order valence-corrected chi connectivity index (χ2v) is 2.41. The Hall–Kier alpha value is -1.01. The largest absolute Gasteiger partial charge is 0.469 e. The van der Waals surface area contributed by atoms with Crippen molar-refractivity contribution in [2.45, 2.75) is 19.0 Å². The number of nitrogens with two attached hydrogens (primary N) is 1. The number of nitrogens with one attached hydrogen (secondary N) is 2. The molecule has 1 atom stereocenters. The van der Waals surface area contributed by atoms with Gasteiger partial charge in [-0.15, -0.1) is 12.4 Å². The van der Waals surface area contributed by atoms with Crippen molar-refractivity contribution in [3.8, 4) is 0 Å². The molecule has 7 heteroatoms. The summed E-state index contributed by atoms with van der Waals surface area (Å²) < 4.78 is 4.47. The Morgan fingerprint density at radius 1 is 1.77 bits per heavy atom. The van der Waals surface area contributed by atoms with E-state index in [0.717, 1.165) is 0 Å². The van der Waals surface area contributed by atoms with Crippen molar-refractivity contribution in [2.24, 2.45) is 10.7 Å². The number of carbonyl (C=O) groups is 1. The Balaban J connectivity index is 0.00000144. The number of carbonyl (C=O) groups excluding carboxylic acids is 1. The van der Waals surface area contributed by atoms with Crippen molar-refractivity contribution in [1.29, 1.82) is 0 Å². The smallest absolute Gasteiger partial charge is 0.305 e. The quantitative estimate of drug-likeness (QED) is 0.524. The second kappa shape index (κ2) is 5.60.